The molecule has 2 saturated heterocycles. The fourth-order valence-electron chi connectivity index (χ4n) is 4.42. The highest BCUT2D eigenvalue weighted by Gasteiger charge is 2.55. The Bertz CT molecular complexity index is 713. The first-order chi connectivity index (χ1) is 13.3. The third-order valence-electron chi connectivity index (χ3n) is 6.20. The predicted molar refractivity (Wildman–Crippen MR) is 106 cm³/mol. The largest absolute Gasteiger partial charge is 0.492 e. The smallest absolute Gasteiger partial charge is 0.309 e. The fourth-order valence-corrected chi connectivity index (χ4v) is 4.42. The maximum atomic E-state index is 12.1. The molecule has 2 aliphatic heterocycles. The minimum absolute atomic E-state index is 0.0524. The Hall–Kier alpha value is -2.12. The summed E-state index contributed by atoms with van der Waals surface area (Å²) in [4.78, 5) is 29.9. The van der Waals surface area contributed by atoms with Gasteiger partial charge in [-0.3, -0.25) is 14.5 Å². The molecule has 0 radical (unpaired) electrons. The van der Waals surface area contributed by atoms with Crippen molar-refractivity contribution < 1.29 is 19.4 Å². The number of benzene rings is 1. The normalized spacial score (nSPS) is 22.2. The van der Waals surface area contributed by atoms with Crippen LogP contribution in [0.5, 0.6) is 5.75 Å². The highest BCUT2D eigenvalue weighted by atomic mass is 16.5. The lowest BCUT2D eigenvalue weighted by Crippen LogP contribution is -2.55. The Morgan fingerprint density at radius 3 is 2.68 bits per heavy atom. The number of likely N-dealkylation sites (N-methyl/N-ethyl adjacent to an activating group) is 1. The third kappa shape index (κ3) is 4.31. The van der Waals surface area contributed by atoms with Crippen molar-refractivity contribution in [2.75, 3.05) is 47.4 Å². The van der Waals surface area contributed by atoms with Crippen LogP contribution in [0.15, 0.2) is 24.3 Å². The van der Waals surface area contributed by atoms with Gasteiger partial charge in [0.2, 0.25) is 5.91 Å². The molecule has 3 rings (SSSR count). The zero-order valence-electron chi connectivity index (χ0n) is 17.1. The quantitative estimate of drug-likeness (QED) is 0.762. The van der Waals surface area contributed by atoms with E-state index in [-0.39, 0.29) is 12.3 Å². The second-order valence-electron chi connectivity index (χ2n) is 8.23. The highest BCUT2D eigenvalue weighted by Crippen LogP contribution is 2.43. The number of aliphatic carboxylic acids is 1. The van der Waals surface area contributed by atoms with Crippen molar-refractivity contribution in [2.45, 2.75) is 31.3 Å². The summed E-state index contributed by atoms with van der Waals surface area (Å²) in [5, 5.41) is 9.59. The van der Waals surface area contributed by atoms with Gasteiger partial charge < -0.3 is 19.6 Å². The average molecular weight is 389 g/mol. The van der Waals surface area contributed by atoms with Gasteiger partial charge >= 0.3 is 5.97 Å². The zero-order valence-corrected chi connectivity index (χ0v) is 17.1. The summed E-state index contributed by atoms with van der Waals surface area (Å²) in [6, 6.07) is 8.15. The Morgan fingerprint density at radius 2 is 2.04 bits per heavy atom. The van der Waals surface area contributed by atoms with Crippen molar-refractivity contribution in [3.05, 3.63) is 29.8 Å². The van der Waals surface area contributed by atoms with E-state index < -0.39 is 17.4 Å². The molecule has 1 aromatic rings. The zero-order chi connectivity index (χ0) is 20.3. The predicted octanol–water partition coefficient (Wildman–Crippen LogP) is 1.52. The molecular weight excluding hydrogens is 358 g/mol. The van der Waals surface area contributed by atoms with E-state index in [1.807, 2.05) is 26.2 Å². The molecule has 0 unspecified atom stereocenters. The number of carboxylic acid groups (broad SMARTS) is 1. The molecule has 154 valence electrons. The van der Waals surface area contributed by atoms with Crippen molar-refractivity contribution >= 4 is 11.9 Å². The number of amides is 1. The Kier molecular flexibility index (Phi) is 6.25. The lowest BCUT2D eigenvalue weighted by molar-refractivity contribution is -0.146. The van der Waals surface area contributed by atoms with Gasteiger partial charge in [0.05, 0.1) is 11.5 Å². The van der Waals surface area contributed by atoms with Crippen LogP contribution in [0.4, 0.5) is 0 Å². The van der Waals surface area contributed by atoms with Gasteiger partial charge in [-0.25, -0.2) is 0 Å². The Morgan fingerprint density at radius 1 is 1.32 bits per heavy atom. The summed E-state index contributed by atoms with van der Waals surface area (Å²) in [5.74, 6) is -0.627. The molecule has 28 heavy (non-hydrogen) atoms. The van der Waals surface area contributed by atoms with E-state index in [4.69, 9.17) is 4.74 Å². The first-order valence-electron chi connectivity index (χ1n) is 9.90. The SMILES string of the molecule is CN(C)CCOc1cccc(CN2CCC3(CC2)[C@H](C(=O)O)CC(=O)N3C)c1. The molecule has 7 nitrogen and oxygen atoms in total. The lowest BCUT2D eigenvalue weighted by Gasteiger charge is -2.45. The number of likely N-dealkylation sites (tertiary alicyclic amines) is 2. The summed E-state index contributed by atoms with van der Waals surface area (Å²) in [7, 11) is 5.80. The van der Waals surface area contributed by atoms with Crippen LogP contribution in [-0.2, 0) is 16.1 Å². The van der Waals surface area contributed by atoms with Gasteiger partial charge in [-0.15, -0.1) is 0 Å². The van der Waals surface area contributed by atoms with Crippen LogP contribution >= 0.6 is 0 Å². The minimum Gasteiger partial charge on any atom is -0.492 e. The molecule has 0 aromatic heterocycles. The van der Waals surface area contributed by atoms with E-state index >= 15 is 0 Å². The van der Waals surface area contributed by atoms with Crippen molar-refractivity contribution in [3.63, 3.8) is 0 Å². The molecule has 0 saturated carbocycles. The van der Waals surface area contributed by atoms with E-state index in [1.165, 1.54) is 5.56 Å². The van der Waals surface area contributed by atoms with Gasteiger partial charge in [-0.2, -0.15) is 0 Å². The number of hydrogen-bond donors (Lipinski definition) is 1. The van der Waals surface area contributed by atoms with Crippen molar-refractivity contribution in [1.29, 1.82) is 0 Å². The van der Waals surface area contributed by atoms with Gasteiger partial charge in [0, 0.05) is 39.6 Å². The van der Waals surface area contributed by atoms with Gasteiger partial charge in [0.15, 0.2) is 0 Å². The number of nitrogens with zero attached hydrogens (tertiary/aromatic N) is 3. The number of hydrogen-bond acceptors (Lipinski definition) is 5. The van der Waals surface area contributed by atoms with Crippen molar-refractivity contribution in [1.82, 2.24) is 14.7 Å². The Balaban J connectivity index is 1.58. The summed E-state index contributed by atoms with van der Waals surface area (Å²) in [6.07, 6.45) is 1.52. The molecule has 7 heteroatoms. The summed E-state index contributed by atoms with van der Waals surface area (Å²) < 4.78 is 5.82. The molecule has 1 N–H and O–H groups in total. The molecular formula is C21H31N3O4. The topological polar surface area (TPSA) is 73.3 Å². The molecule has 2 aliphatic rings. The third-order valence-corrected chi connectivity index (χ3v) is 6.20. The van der Waals surface area contributed by atoms with Crippen LogP contribution in [0.3, 0.4) is 0 Å². The van der Waals surface area contributed by atoms with Gasteiger partial charge in [0.1, 0.15) is 12.4 Å². The number of rotatable bonds is 7. The van der Waals surface area contributed by atoms with Gasteiger partial charge in [-0.05, 0) is 44.6 Å². The highest BCUT2D eigenvalue weighted by molar-refractivity contribution is 5.88. The maximum absolute atomic E-state index is 12.1. The molecule has 1 aromatic carbocycles. The molecule has 0 aliphatic carbocycles. The van der Waals surface area contributed by atoms with Gasteiger partial charge in [0.25, 0.3) is 0 Å². The van der Waals surface area contributed by atoms with E-state index in [1.54, 1.807) is 11.9 Å². The minimum atomic E-state index is -0.853. The lowest BCUT2D eigenvalue weighted by atomic mass is 9.77. The number of carboxylic acids is 1. The molecule has 1 amide bonds. The van der Waals surface area contributed by atoms with Crippen LogP contribution in [0.1, 0.15) is 24.8 Å². The maximum Gasteiger partial charge on any atom is 0.309 e. The van der Waals surface area contributed by atoms with Crippen molar-refractivity contribution in [2.24, 2.45) is 5.92 Å². The van der Waals surface area contributed by atoms with E-state index in [0.29, 0.717) is 19.4 Å². The Labute approximate surface area is 166 Å². The number of ether oxygens (including phenoxy) is 1. The van der Waals surface area contributed by atoms with Crippen LogP contribution < -0.4 is 4.74 Å². The van der Waals surface area contributed by atoms with Crippen LogP contribution in [-0.4, -0.2) is 84.6 Å². The first-order valence-corrected chi connectivity index (χ1v) is 9.90. The molecule has 1 spiro atoms. The number of piperidine rings is 1. The summed E-state index contributed by atoms with van der Waals surface area (Å²) in [5.41, 5.74) is 0.653. The second-order valence-corrected chi connectivity index (χ2v) is 8.23. The molecule has 1 atom stereocenters. The number of carbonyl (C=O) groups is 2. The average Bonchev–Trinajstić information content (AvgIpc) is 2.89. The van der Waals surface area contributed by atoms with Crippen molar-refractivity contribution in [3.8, 4) is 5.75 Å². The summed E-state index contributed by atoms with van der Waals surface area (Å²) >= 11 is 0. The molecule has 2 heterocycles. The molecule has 2 fully saturated rings. The van der Waals surface area contributed by atoms with Crippen LogP contribution in [0.25, 0.3) is 0 Å². The fraction of sp³-hybridized carbons (Fsp3) is 0.619. The standard InChI is InChI=1S/C21H31N3O4/c1-22(2)11-12-28-17-6-4-5-16(13-17)15-24-9-7-21(8-10-24)18(20(26)27)14-19(25)23(21)3/h4-6,13,18H,7-12,14-15H2,1-3H3,(H,26,27)/t18-/m0/s1. The van der Waals surface area contributed by atoms with E-state index in [9.17, 15) is 14.7 Å². The van der Waals surface area contributed by atoms with E-state index in [2.05, 4.69) is 21.9 Å². The monoisotopic (exact) mass is 389 g/mol. The van der Waals surface area contributed by atoms with Crippen LogP contribution in [0.2, 0.25) is 0 Å². The van der Waals surface area contributed by atoms with Gasteiger partial charge in [-0.1, -0.05) is 12.1 Å². The molecule has 0 bridgehead atoms. The first kappa shape index (κ1) is 20.6. The van der Waals surface area contributed by atoms with Crippen LogP contribution in [0, 0.1) is 5.92 Å². The summed E-state index contributed by atoms with van der Waals surface area (Å²) in [6.45, 7) is 3.89. The number of carbonyl (C=O) groups excluding carboxylic acids is 1. The van der Waals surface area contributed by atoms with E-state index in [0.717, 1.165) is 31.9 Å². The second kappa shape index (κ2) is 8.49.